The second kappa shape index (κ2) is 4.28. The molecule has 2 aromatic rings. The van der Waals surface area contributed by atoms with Crippen molar-refractivity contribution in [3.63, 3.8) is 0 Å². The Morgan fingerprint density at radius 2 is 2.05 bits per heavy atom. The van der Waals surface area contributed by atoms with E-state index in [0.29, 0.717) is 6.54 Å². The van der Waals surface area contributed by atoms with Crippen LogP contribution in [0.15, 0.2) is 40.8 Å². The number of fused-ring (bicyclic) bond motifs is 1. The maximum absolute atomic E-state index is 11.5. The van der Waals surface area contributed by atoms with E-state index in [1.165, 1.54) is 6.08 Å². The number of H-pyrrole nitrogens is 1. The standard InChI is InChI=1S/C14H13N3O2/c1-8-4-14(19)17-12-5-9(2-3-11(8)12)16-10-6-13(18)15-7-10/h2-6,16H,7H2,1H3,(H,15,18)(H,17,19). The lowest BCUT2D eigenvalue weighted by Crippen LogP contribution is -2.16. The van der Waals surface area contributed by atoms with Crippen molar-refractivity contribution in [2.75, 3.05) is 11.9 Å². The van der Waals surface area contributed by atoms with Gasteiger partial charge in [-0.25, -0.2) is 0 Å². The Morgan fingerprint density at radius 3 is 2.79 bits per heavy atom. The number of nitrogens with one attached hydrogen (secondary N) is 3. The first kappa shape index (κ1) is 11.5. The van der Waals surface area contributed by atoms with Crippen molar-refractivity contribution in [2.45, 2.75) is 6.92 Å². The Morgan fingerprint density at radius 1 is 1.21 bits per heavy atom. The van der Waals surface area contributed by atoms with Crippen LogP contribution in [0.25, 0.3) is 10.9 Å². The van der Waals surface area contributed by atoms with Crippen LogP contribution in [0.3, 0.4) is 0 Å². The van der Waals surface area contributed by atoms with Crippen LogP contribution >= 0.6 is 0 Å². The zero-order chi connectivity index (χ0) is 13.4. The Labute approximate surface area is 109 Å². The predicted molar refractivity (Wildman–Crippen MR) is 74.0 cm³/mol. The molecule has 1 amide bonds. The molecule has 1 aliphatic rings. The monoisotopic (exact) mass is 255 g/mol. The summed E-state index contributed by atoms with van der Waals surface area (Å²) in [5, 5.41) is 6.87. The van der Waals surface area contributed by atoms with Crippen LogP contribution in [0, 0.1) is 6.92 Å². The lowest BCUT2D eigenvalue weighted by atomic mass is 10.1. The highest BCUT2D eigenvalue weighted by Gasteiger charge is 2.10. The molecule has 19 heavy (non-hydrogen) atoms. The van der Waals surface area contributed by atoms with Crippen LogP contribution in [-0.2, 0) is 4.79 Å². The van der Waals surface area contributed by atoms with E-state index in [9.17, 15) is 9.59 Å². The fraction of sp³-hybridized carbons (Fsp3) is 0.143. The Hall–Kier alpha value is -2.56. The highest BCUT2D eigenvalue weighted by Crippen LogP contribution is 2.20. The molecule has 0 unspecified atom stereocenters. The number of hydrogen-bond acceptors (Lipinski definition) is 3. The largest absolute Gasteiger partial charge is 0.357 e. The van der Waals surface area contributed by atoms with E-state index < -0.39 is 0 Å². The van der Waals surface area contributed by atoms with Crippen LogP contribution in [0.1, 0.15) is 5.56 Å². The van der Waals surface area contributed by atoms with Crippen LogP contribution in [0.2, 0.25) is 0 Å². The van der Waals surface area contributed by atoms with E-state index >= 15 is 0 Å². The number of carbonyl (C=O) groups excluding carboxylic acids is 1. The van der Waals surface area contributed by atoms with Crippen LogP contribution in [0.5, 0.6) is 0 Å². The summed E-state index contributed by atoms with van der Waals surface area (Å²) < 4.78 is 0. The number of benzene rings is 1. The highest BCUT2D eigenvalue weighted by molar-refractivity contribution is 5.92. The number of pyridine rings is 1. The number of rotatable bonds is 2. The normalized spacial score (nSPS) is 14.4. The van der Waals surface area contributed by atoms with Crippen molar-refractivity contribution in [2.24, 2.45) is 0 Å². The molecular formula is C14H13N3O2. The first-order valence-electron chi connectivity index (χ1n) is 6.01. The number of hydrogen-bond donors (Lipinski definition) is 3. The number of aromatic nitrogens is 1. The fourth-order valence-electron chi connectivity index (χ4n) is 2.22. The van der Waals surface area contributed by atoms with Crippen LogP contribution in [0.4, 0.5) is 5.69 Å². The van der Waals surface area contributed by atoms with Crippen molar-refractivity contribution in [3.05, 3.63) is 52.0 Å². The lowest BCUT2D eigenvalue weighted by Gasteiger charge is -2.08. The molecule has 0 atom stereocenters. The summed E-state index contributed by atoms with van der Waals surface area (Å²) in [5.41, 5.74) is 3.28. The third kappa shape index (κ3) is 2.22. The van der Waals surface area contributed by atoms with E-state index in [2.05, 4.69) is 15.6 Å². The van der Waals surface area contributed by atoms with Gasteiger partial charge in [-0.15, -0.1) is 0 Å². The summed E-state index contributed by atoms with van der Waals surface area (Å²) in [6.07, 6.45) is 1.53. The summed E-state index contributed by atoms with van der Waals surface area (Å²) >= 11 is 0. The molecule has 5 heteroatoms. The minimum Gasteiger partial charge on any atom is -0.357 e. The number of anilines is 1. The number of aromatic amines is 1. The molecule has 0 spiro atoms. The fourth-order valence-corrected chi connectivity index (χ4v) is 2.22. The number of aryl methyl sites for hydroxylation is 1. The topological polar surface area (TPSA) is 74.0 Å². The second-order valence-corrected chi connectivity index (χ2v) is 4.59. The maximum Gasteiger partial charge on any atom is 0.248 e. The van der Waals surface area contributed by atoms with E-state index in [1.54, 1.807) is 6.07 Å². The molecule has 0 bridgehead atoms. The van der Waals surface area contributed by atoms with Crippen LogP contribution < -0.4 is 16.2 Å². The van der Waals surface area contributed by atoms with E-state index in [4.69, 9.17) is 0 Å². The van der Waals surface area contributed by atoms with Gasteiger partial charge in [0.2, 0.25) is 11.5 Å². The number of amides is 1. The van der Waals surface area contributed by atoms with Gasteiger partial charge in [0.25, 0.3) is 0 Å². The Balaban J connectivity index is 2.00. The van der Waals surface area contributed by atoms with Gasteiger partial charge >= 0.3 is 0 Å². The second-order valence-electron chi connectivity index (χ2n) is 4.59. The SMILES string of the molecule is Cc1cc(=O)[nH]c2cc(NC3=CC(=O)NC3)ccc12. The molecule has 5 nitrogen and oxygen atoms in total. The molecule has 1 aromatic heterocycles. The van der Waals surface area contributed by atoms with Gasteiger partial charge in [0.05, 0.1) is 12.1 Å². The zero-order valence-corrected chi connectivity index (χ0v) is 10.4. The van der Waals surface area contributed by atoms with Gasteiger partial charge in [-0.05, 0) is 24.6 Å². The molecule has 3 N–H and O–H groups in total. The summed E-state index contributed by atoms with van der Waals surface area (Å²) in [7, 11) is 0. The summed E-state index contributed by atoms with van der Waals surface area (Å²) in [5.74, 6) is -0.0902. The van der Waals surface area contributed by atoms with Gasteiger partial charge in [0, 0.05) is 28.9 Å². The highest BCUT2D eigenvalue weighted by atomic mass is 16.1. The Kier molecular flexibility index (Phi) is 2.59. The minimum absolute atomic E-state index is 0.0902. The van der Waals surface area contributed by atoms with Crippen molar-refractivity contribution in [1.82, 2.24) is 10.3 Å². The molecule has 0 aliphatic carbocycles. The van der Waals surface area contributed by atoms with E-state index in [0.717, 1.165) is 27.9 Å². The lowest BCUT2D eigenvalue weighted by molar-refractivity contribution is -0.115. The van der Waals surface area contributed by atoms with Gasteiger partial charge in [-0.3, -0.25) is 9.59 Å². The zero-order valence-electron chi connectivity index (χ0n) is 10.4. The molecule has 0 saturated heterocycles. The summed E-state index contributed by atoms with van der Waals surface area (Å²) in [6.45, 7) is 2.41. The maximum atomic E-state index is 11.5. The van der Waals surface area contributed by atoms with Gasteiger partial charge in [-0.2, -0.15) is 0 Å². The quantitative estimate of drug-likeness (QED) is 0.756. The molecule has 3 rings (SSSR count). The van der Waals surface area contributed by atoms with Crippen molar-refractivity contribution >= 4 is 22.5 Å². The van der Waals surface area contributed by atoms with Crippen LogP contribution in [-0.4, -0.2) is 17.4 Å². The molecule has 0 fully saturated rings. The first-order valence-corrected chi connectivity index (χ1v) is 6.01. The third-order valence-corrected chi connectivity index (χ3v) is 3.11. The number of carbonyl (C=O) groups is 1. The molecule has 0 radical (unpaired) electrons. The van der Waals surface area contributed by atoms with E-state index in [-0.39, 0.29) is 11.5 Å². The molecule has 2 heterocycles. The van der Waals surface area contributed by atoms with Gasteiger partial charge in [-0.1, -0.05) is 6.07 Å². The first-order chi connectivity index (χ1) is 9.11. The Bertz CT molecular complexity index is 759. The van der Waals surface area contributed by atoms with Crippen molar-refractivity contribution < 1.29 is 4.79 Å². The van der Waals surface area contributed by atoms with Gasteiger partial charge in [0.1, 0.15) is 0 Å². The van der Waals surface area contributed by atoms with Gasteiger partial charge < -0.3 is 15.6 Å². The summed E-state index contributed by atoms with van der Waals surface area (Å²) in [6, 6.07) is 7.33. The molecule has 1 aliphatic heterocycles. The molecule has 0 saturated carbocycles. The third-order valence-electron chi connectivity index (χ3n) is 3.11. The smallest absolute Gasteiger partial charge is 0.248 e. The minimum atomic E-state index is -0.112. The van der Waals surface area contributed by atoms with Gasteiger partial charge in [0.15, 0.2) is 0 Å². The van der Waals surface area contributed by atoms with E-state index in [1.807, 2.05) is 25.1 Å². The average molecular weight is 255 g/mol. The average Bonchev–Trinajstić information content (AvgIpc) is 2.74. The van der Waals surface area contributed by atoms with Crippen molar-refractivity contribution in [1.29, 1.82) is 0 Å². The molecule has 1 aromatic carbocycles. The molecule has 96 valence electrons. The summed E-state index contributed by atoms with van der Waals surface area (Å²) in [4.78, 5) is 25.3. The van der Waals surface area contributed by atoms with Crippen molar-refractivity contribution in [3.8, 4) is 0 Å². The predicted octanol–water partition coefficient (Wildman–Crippen LogP) is 1.26. The molecular weight excluding hydrogens is 242 g/mol.